The lowest BCUT2D eigenvalue weighted by molar-refractivity contribution is -0.198. The molecular formula is C80H158O20. The summed E-state index contributed by atoms with van der Waals surface area (Å²) in [5, 5.41) is 43.7. The minimum absolute atomic E-state index is 0.0322. The van der Waals surface area contributed by atoms with E-state index in [4.69, 9.17) is 47.4 Å². The predicted octanol–water partition coefficient (Wildman–Crippen LogP) is 15.2. The van der Waals surface area contributed by atoms with Gasteiger partial charge in [0.1, 0.15) is 35.3 Å². The first kappa shape index (κ1) is 110. The van der Waals surface area contributed by atoms with E-state index < -0.39 is 113 Å². The minimum Gasteiger partial charge on any atom is -0.462 e. The second-order valence-electron chi connectivity index (χ2n) is 25.5. The third kappa shape index (κ3) is 32.4. The number of allylic oxidation sites excluding steroid dienone is 2. The molecule has 2 unspecified atom stereocenters. The molecule has 3 saturated heterocycles. The number of aliphatic hydroxyl groups is 4. The van der Waals surface area contributed by atoms with Crippen molar-refractivity contribution in [3.05, 3.63) is 23.8 Å². The average Bonchev–Trinajstić information content (AvgIpc) is 1.57. The van der Waals surface area contributed by atoms with E-state index >= 15 is 0 Å². The molecule has 4 aliphatic heterocycles. The number of carbonyl (C=O) groups is 6. The van der Waals surface area contributed by atoms with Crippen molar-refractivity contribution in [2.24, 2.45) is 65.1 Å². The monoisotopic (exact) mass is 1440 g/mol. The van der Waals surface area contributed by atoms with E-state index in [9.17, 15) is 49.2 Å². The van der Waals surface area contributed by atoms with Crippen LogP contribution in [0.4, 0.5) is 0 Å². The van der Waals surface area contributed by atoms with Gasteiger partial charge in [-0.05, 0) is 105 Å². The number of epoxide rings is 1. The summed E-state index contributed by atoms with van der Waals surface area (Å²) >= 11 is 0. The fraction of sp³-hybridized carbons (Fsp3) is 0.875. The number of aliphatic hydroxyl groups excluding tert-OH is 1. The molecule has 0 bridgehead atoms. The molecule has 598 valence electrons. The molecule has 20 nitrogen and oxygen atoms in total. The van der Waals surface area contributed by atoms with Gasteiger partial charge in [-0.25, -0.2) is 0 Å². The van der Waals surface area contributed by atoms with E-state index in [0.29, 0.717) is 25.0 Å². The largest absolute Gasteiger partial charge is 0.462 e. The van der Waals surface area contributed by atoms with Crippen LogP contribution in [0.3, 0.4) is 0 Å². The van der Waals surface area contributed by atoms with E-state index in [-0.39, 0.29) is 84.1 Å². The lowest BCUT2D eigenvalue weighted by Crippen LogP contribution is -2.57. The summed E-state index contributed by atoms with van der Waals surface area (Å²) in [6, 6.07) is 0. The van der Waals surface area contributed by atoms with Gasteiger partial charge in [0.2, 0.25) is 0 Å². The standard InChI is InChI=1S/C23H42O8.C23H40O7.C18H28O5.8C2H6/c1-10-16-23(7,28)19(25)13(3)17(24)12(2)11-22(6,27)20(30-9)14(4)18(29-8)15(5)21(26)31-16;1-12-10-23(11-29-23)21(24)15(4)19(27-8)13(2)17(6)30-22(25)16(5)20(28-9)14(3)18(12)26-7;1-7-15-18(5,21)9-8-14(19)11(2)10-12(3)16(22-6)13(4)17(20)23-15;8*1-2/h12-16,18-20,25,27-28H,10-11H2,1-9H3;12-20H,10-11H2,1-9H3;8-10,12-13,15-16,21H,7H2,1-6H3;8*1-2H3/b;;9-8+,11-10+;;;;;;;;/t12-,13+,14+,15-,16?,18+,19-,20-,22-,23-;12-,13-,14+,15+,16+,17+,18-,19-,20-,23+;12-,13+,15?,16-,18-;;;;;;;;/m100......../s1. The molecule has 0 radical (unpaired) electrons. The molecule has 0 saturated carbocycles. The lowest BCUT2D eigenvalue weighted by Gasteiger charge is -2.43. The van der Waals surface area contributed by atoms with Gasteiger partial charge < -0.3 is 67.8 Å². The van der Waals surface area contributed by atoms with Gasteiger partial charge in [0.25, 0.3) is 0 Å². The molecule has 25 atom stereocenters. The highest BCUT2D eigenvalue weighted by atomic mass is 16.6. The molecule has 0 aromatic carbocycles. The van der Waals surface area contributed by atoms with Gasteiger partial charge >= 0.3 is 17.9 Å². The number of ether oxygens (including phenoxy) is 10. The first-order valence-electron chi connectivity index (χ1n) is 38.1. The zero-order valence-corrected chi connectivity index (χ0v) is 71.2. The Labute approximate surface area is 612 Å². The van der Waals surface area contributed by atoms with Crippen LogP contribution >= 0.6 is 0 Å². The molecule has 4 heterocycles. The third-order valence-electron chi connectivity index (χ3n) is 18.8. The second kappa shape index (κ2) is 56.8. The zero-order chi connectivity index (χ0) is 80.9. The first-order chi connectivity index (χ1) is 46.8. The molecule has 3 fully saturated rings. The van der Waals surface area contributed by atoms with E-state index in [1.807, 2.05) is 166 Å². The van der Waals surface area contributed by atoms with Crippen molar-refractivity contribution in [2.45, 2.75) is 345 Å². The highest BCUT2D eigenvalue weighted by molar-refractivity contribution is 6.03. The smallest absolute Gasteiger partial charge is 0.311 e. The Kier molecular flexibility index (Phi) is 62.4. The molecule has 0 aromatic rings. The highest BCUT2D eigenvalue weighted by Gasteiger charge is 2.57. The van der Waals surface area contributed by atoms with Gasteiger partial charge in [-0.1, -0.05) is 186 Å². The number of methoxy groups -OCH3 is 6. The molecule has 1 spiro atoms. The molecule has 4 N–H and O–H groups in total. The summed E-state index contributed by atoms with van der Waals surface area (Å²) in [4.78, 5) is 76.9. The van der Waals surface area contributed by atoms with E-state index in [2.05, 4.69) is 6.92 Å². The van der Waals surface area contributed by atoms with Gasteiger partial charge in [-0.2, -0.15) is 0 Å². The predicted molar refractivity (Wildman–Crippen MR) is 406 cm³/mol. The minimum atomic E-state index is -1.84. The third-order valence-corrected chi connectivity index (χ3v) is 18.8. The van der Waals surface area contributed by atoms with Crippen molar-refractivity contribution in [2.75, 3.05) is 49.3 Å². The maximum Gasteiger partial charge on any atom is 0.311 e. The molecule has 0 aliphatic carbocycles. The summed E-state index contributed by atoms with van der Waals surface area (Å²) in [7, 11) is 9.34. The zero-order valence-electron chi connectivity index (χ0n) is 71.2. The van der Waals surface area contributed by atoms with Crippen LogP contribution in [0.2, 0.25) is 0 Å². The maximum absolute atomic E-state index is 13.4. The lowest BCUT2D eigenvalue weighted by atomic mass is 9.74. The Morgan fingerprint density at radius 3 is 1.23 bits per heavy atom. The van der Waals surface area contributed by atoms with Crippen molar-refractivity contribution >= 4 is 35.3 Å². The number of ketones is 3. The maximum atomic E-state index is 13.4. The average molecular weight is 1440 g/mol. The topological polar surface area (TPSA) is 279 Å². The molecule has 0 aromatic heterocycles. The van der Waals surface area contributed by atoms with E-state index in [1.54, 1.807) is 68.9 Å². The Morgan fingerprint density at radius 2 is 0.850 bits per heavy atom. The quantitative estimate of drug-likeness (QED) is 0.0998. The molecule has 20 heteroatoms. The van der Waals surface area contributed by atoms with Gasteiger partial charge in [-0.3, -0.25) is 28.8 Å². The Bertz CT molecular complexity index is 2210. The summed E-state index contributed by atoms with van der Waals surface area (Å²) in [5.41, 5.74) is -4.89. The van der Waals surface area contributed by atoms with Crippen LogP contribution in [0.15, 0.2) is 23.8 Å². The number of hydrogen-bond acceptors (Lipinski definition) is 20. The highest BCUT2D eigenvalue weighted by Crippen LogP contribution is 2.43. The van der Waals surface area contributed by atoms with Crippen LogP contribution in [0, 0.1) is 65.1 Å². The number of rotatable bonds is 8. The van der Waals surface area contributed by atoms with Crippen molar-refractivity contribution in [1.29, 1.82) is 0 Å². The van der Waals surface area contributed by atoms with Crippen LogP contribution in [0.25, 0.3) is 0 Å². The number of cyclic esters (lactones) is 3. The number of carbonyl (C=O) groups excluding carboxylic acids is 6. The summed E-state index contributed by atoms with van der Waals surface area (Å²) in [6.45, 7) is 64.1. The Balaban J connectivity index is -0.000000237. The summed E-state index contributed by atoms with van der Waals surface area (Å²) < 4.78 is 56.6. The van der Waals surface area contributed by atoms with Crippen LogP contribution in [0.5, 0.6) is 0 Å². The number of Topliss-reactive ketones (excluding diaryl/α,β-unsaturated/α-hetero) is 2. The van der Waals surface area contributed by atoms with Crippen LogP contribution in [-0.2, 0) is 76.1 Å². The molecule has 4 rings (SSSR count). The molecule has 4 aliphatic rings. The molecule has 100 heavy (non-hydrogen) atoms. The van der Waals surface area contributed by atoms with Crippen LogP contribution < -0.4 is 0 Å². The van der Waals surface area contributed by atoms with Crippen molar-refractivity contribution in [1.82, 2.24) is 0 Å². The van der Waals surface area contributed by atoms with Gasteiger partial charge in [-0.15, -0.1) is 0 Å². The van der Waals surface area contributed by atoms with Crippen molar-refractivity contribution in [3.63, 3.8) is 0 Å². The van der Waals surface area contributed by atoms with Gasteiger partial charge in [0.05, 0.1) is 72.7 Å². The summed E-state index contributed by atoms with van der Waals surface area (Å²) in [6.07, 6.45) is -0.490. The van der Waals surface area contributed by atoms with Crippen molar-refractivity contribution < 1.29 is 96.6 Å². The Hall–Kier alpha value is -3.54. The molecular weight excluding hydrogens is 1280 g/mol. The van der Waals surface area contributed by atoms with Gasteiger partial charge in [0.15, 0.2) is 17.2 Å². The second-order valence-corrected chi connectivity index (χ2v) is 25.5. The normalized spacial score (nSPS) is 38.0. The van der Waals surface area contributed by atoms with Gasteiger partial charge in [0, 0.05) is 84.1 Å². The first-order valence-corrected chi connectivity index (χ1v) is 38.1. The van der Waals surface area contributed by atoms with E-state index in [0.717, 1.165) is 0 Å². The summed E-state index contributed by atoms with van der Waals surface area (Å²) in [5.74, 6) is -6.14. The van der Waals surface area contributed by atoms with E-state index in [1.165, 1.54) is 54.3 Å². The molecule has 0 amide bonds. The van der Waals surface area contributed by atoms with Crippen molar-refractivity contribution in [3.8, 4) is 0 Å². The van der Waals surface area contributed by atoms with Crippen LogP contribution in [0.1, 0.15) is 261 Å². The SMILES string of the molecule is CC.CC.CC.CC.CC.CC.CC.CC.CCC1OC(=O)[C@H](C)[C@@H](OC)[C@@H](C)/C=C(\C)C(=O)/C=C/[C@]1(C)O.CCC1OC(=O)[C@H](C)[C@@H](OC)[C@H](C)[C@@H](OC)[C@](C)(O)C[C@@H](C)C(=O)[C@H](C)[C@@H](O)[C@]1(C)O.CO[C@@H]1[C@@H](C)[C@H](OC)[C@@H](C)C(=O)O[C@H](C)[C@H](C)[C@H](OC)[C@@H](C)C(=O)[C@]2(CO2)C[C@@H]1C. The number of hydrogen-bond donors (Lipinski definition) is 4. The fourth-order valence-corrected chi connectivity index (χ4v) is 13.5. The fourth-order valence-electron chi connectivity index (χ4n) is 13.5. The Morgan fingerprint density at radius 1 is 0.480 bits per heavy atom. The van der Waals surface area contributed by atoms with Crippen LogP contribution in [-0.4, -0.2) is 188 Å². The number of esters is 3.